The molecule has 0 amide bonds. The molecule has 1 heterocycles. The second-order valence-corrected chi connectivity index (χ2v) is 5.27. The van der Waals surface area contributed by atoms with Gasteiger partial charge in [-0.1, -0.05) is 6.07 Å². The molecule has 1 N–H and O–H groups in total. The van der Waals surface area contributed by atoms with E-state index in [-0.39, 0.29) is 5.54 Å². The van der Waals surface area contributed by atoms with E-state index in [4.69, 9.17) is 0 Å². The molecule has 94 valence electrons. The highest BCUT2D eigenvalue weighted by molar-refractivity contribution is 5.17. The summed E-state index contributed by atoms with van der Waals surface area (Å²) in [6.45, 7) is 7.72. The van der Waals surface area contributed by atoms with Gasteiger partial charge in [0.2, 0.25) is 0 Å². The van der Waals surface area contributed by atoms with Crippen LogP contribution in [0.25, 0.3) is 0 Å². The van der Waals surface area contributed by atoms with E-state index in [2.05, 4.69) is 24.1 Å². The van der Waals surface area contributed by atoms with Crippen LogP contribution in [0.1, 0.15) is 19.4 Å². The summed E-state index contributed by atoms with van der Waals surface area (Å²) in [6, 6.07) is 4.12. The van der Waals surface area contributed by atoms with E-state index in [0.29, 0.717) is 6.54 Å². The molecular weight excluding hydrogens is 222 g/mol. The van der Waals surface area contributed by atoms with Gasteiger partial charge >= 0.3 is 0 Å². The van der Waals surface area contributed by atoms with Crippen molar-refractivity contribution in [2.24, 2.45) is 0 Å². The lowest BCUT2D eigenvalue weighted by molar-refractivity contribution is 0.148. The molecule has 1 aliphatic heterocycles. The van der Waals surface area contributed by atoms with Crippen molar-refractivity contribution < 1.29 is 8.78 Å². The van der Waals surface area contributed by atoms with Crippen molar-refractivity contribution in [3.8, 4) is 0 Å². The topological polar surface area (TPSA) is 15.3 Å². The van der Waals surface area contributed by atoms with Crippen molar-refractivity contribution in [1.82, 2.24) is 10.2 Å². The van der Waals surface area contributed by atoms with Gasteiger partial charge in [0.15, 0.2) is 11.6 Å². The third-order valence-electron chi connectivity index (χ3n) is 3.04. The normalized spacial score (nSPS) is 20.5. The lowest BCUT2D eigenvalue weighted by Gasteiger charge is -2.39. The van der Waals surface area contributed by atoms with E-state index in [1.807, 2.05) is 0 Å². The first kappa shape index (κ1) is 12.5. The third kappa shape index (κ3) is 3.23. The fourth-order valence-electron chi connectivity index (χ4n) is 2.28. The predicted molar refractivity (Wildman–Crippen MR) is 63.7 cm³/mol. The van der Waals surface area contributed by atoms with Crippen LogP contribution in [-0.2, 0) is 6.54 Å². The maximum atomic E-state index is 13.1. The number of rotatable bonds is 2. The van der Waals surface area contributed by atoms with Crippen LogP contribution >= 0.6 is 0 Å². The molecular formula is C13H18F2N2. The smallest absolute Gasteiger partial charge is 0.159 e. The van der Waals surface area contributed by atoms with E-state index in [9.17, 15) is 8.78 Å². The number of benzene rings is 1. The van der Waals surface area contributed by atoms with Gasteiger partial charge in [-0.3, -0.25) is 4.90 Å². The summed E-state index contributed by atoms with van der Waals surface area (Å²) < 4.78 is 25.9. The minimum atomic E-state index is -0.783. The van der Waals surface area contributed by atoms with Crippen LogP contribution < -0.4 is 5.32 Å². The highest BCUT2D eigenvalue weighted by Gasteiger charge is 2.25. The molecule has 0 spiro atoms. The third-order valence-corrected chi connectivity index (χ3v) is 3.04. The van der Waals surface area contributed by atoms with Gasteiger partial charge in [0.25, 0.3) is 0 Å². The zero-order chi connectivity index (χ0) is 12.5. The van der Waals surface area contributed by atoms with Crippen molar-refractivity contribution in [3.05, 3.63) is 35.4 Å². The van der Waals surface area contributed by atoms with Gasteiger partial charge in [0.05, 0.1) is 0 Å². The number of nitrogens with one attached hydrogen (secondary N) is 1. The Balaban J connectivity index is 2.03. The first-order chi connectivity index (χ1) is 7.96. The Hall–Kier alpha value is -1.00. The van der Waals surface area contributed by atoms with E-state index in [0.717, 1.165) is 25.2 Å². The summed E-state index contributed by atoms with van der Waals surface area (Å²) in [5.74, 6) is -1.55. The second kappa shape index (κ2) is 4.70. The summed E-state index contributed by atoms with van der Waals surface area (Å²) >= 11 is 0. The molecule has 1 aliphatic rings. The summed E-state index contributed by atoms with van der Waals surface area (Å²) in [6.07, 6.45) is 0. The zero-order valence-corrected chi connectivity index (χ0v) is 10.3. The fourth-order valence-corrected chi connectivity index (χ4v) is 2.28. The Morgan fingerprint density at radius 1 is 1.29 bits per heavy atom. The van der Waals surface area contributed by atoms with Crippen LogP contribution in [0.2, 0.25) is 0 Å². The quantitative estimate of drug-likeness (QED) is 0.852. The minimum Gasteiger partial charge on any atom is -0.309 e. The molecule has 0 bridgehead atoms. The second-order valence-electron chi connectivity index (χ2n) is 5.27. The molecule has 1 saturated heterocycles. The molecule has 1 fully saturated rings. The van der Waals surface area contributed by atoms with Crippen molar-refractivity contribution in [2.75, 3.05) is 19.6 Å². The zero-order valence-electron chi connectivity index (χ0n) is 10.3. The lowest BCUT2D eigenvalue weighted by atomic mass is 10.0. The summed E-state index contributed by atoms with van der Waals surface area (Å²) in [5, 5.41) is 3.42. The molecule has 2 nitrogen and oxygen atoms in total. The number of halogens is 2. The SMILES string of the molecule is CC1(C)CN(Cc2ccc(F)c(F)c2)CCN1. The van der Waals surface area contributed by atoms with Gasteiger partial charge in [-0.25, -0.2) is 8.78 Å². The van der Waals surface area contributed by atoms with Gasteiger partial charge < -0.3 is 5.32 Å². The van der Waals surface area contributed by atoms with Crippen LogP contribution in [0.3, 0.4) is 0 Å². The summed E-state index contributed by atoms with van der Waals surface area (Å²) in [5.41, 5.74) is 0.901. The summed E-state index contributed by atoms with van der Waals surface area (Å²) in [7, 11) is 0. The van der Waals surface area contributed by atoms with E-state index in [1.54, 1.807) is 6.07 Å². The maximum Gasteiger partial charge on any atom is 0.159 e. The first-order valence-corrected chi connectivity index (χ1v) is 5.88. The molecule has 1 aromatic rings. The van der Waals surface area contributed by atoms with Crippen molar-refractivity contribution in [3.63, 3.8) is 0 Å². The van der Waals surface area contributed by atoms with Crippen molar-refractivity contribution in [1.29, 1.82) is 0 Å². The standard InChI is InChI=1S/C13H18F2N2/c1-13(2)9-17(6-5-16-13)8-10-3-4-11(14)12(15)7-10/h3-4,7,16H,5-6,8-9H2,1-2H3. The van der Waals surface area contributed by atoms with Crippen LogP contribution in [0.15, 0.2) is 18.2 Å². The molecule has 0 atom stereocenters. The van der Waals surface area contributed by atoms with Crippen LogP contribution in [0.5, 0.6) is 0 Å². The number of hydrogen-bond acceptors (Lipinski definition) is 2. The van der Waals surface area contributed by atoms with Gasteiger partial charge in [-0.15, -0.1) is 0 Å². The molecule has 0 aromatic heterocycles. The van der Waals surface area contributed by atoms with E-state index >= 15 is 0 Å². The Labute approximate surface area is 101 Å². The minimum absolute atomic E-state index is 0.0802. The van der Waals surface area contributed by atoms with Crippen LogP contribution in [-0.4, -0.2) is 30.1 Å². The molecule has 4 heteroatoms. The molecule has 1 aromatic carbocycles. The van der Waals surface area contributed by atoms with Gasteiger partial charge in [0, 0.05) is 31.7 Å². The van der Waals surface area contributed by atoms with Crippen molar-refractivity contribution in [2.45, 2.75) is 25.9 Å². The fraction of sp³-hybridized carbons (Fsp3) is 0.538. The lowest BCUT2D eigenvalue weighted by Crippen LogP contribution is -2.56. The van der Waals surface area contributed by atoms with Crippen LogP contribution in [0, 0.1) is 11.6 Å². The number of piperazine rings is 1. The molecule has 17 heavy (non-hydrogen) atoms. The van der Waals surface area contributed by atoms with Gasteiger partial charge in [0.1, 0.15) is 0 Å². The Bertz CT molecular complexity index is 404. The highest BCUT2D eigenvalue weighted by atomic mass is 19.2. The van der Waals surface area contributed by atoms with Gasteiger partial charge in [-0.2, -0.15) is 0 Å². The number of hydrogen-bond donors (Lipinski definition) is 1. The maximum absolute atomic E-state index is 13.1. The average Bonchev–Trinajstić information content (AvgIpc) is 2.22. The molecule has 2 rings (SSSR count). The van der Waals surface area contributed by atoms with Gasteiger partial charge in [-0.05, 0) is 31.5 Å². The Morgan fingerprint density at radius 3 is 2.71 bits per heavy atom. The molecule has 0 radical (unpaired) electrons. The van der Waals surface area contributed by atoms with E-state index in [1.165, 1.54) is 12.1 Å². The Morgan fingerprint density at radius 2 is 2.06 bits per heavy atom. The first-order valence-electron chi connectivity index (χ1n) is 5.88. The summed E-state index contributed by atoms with van der Waals surface area (Å²) in [4.78, 5) is 2.25. The highest BCUT2D eigenvalue weighted by Crippen LogP contribution is 2.15. The average molecular weight is 240 g/mol. The van der Waals surface area contributed by atoms with E-state index < -0.39 is 11.6 Å². The monoisotopic (exact) mass is 240 g/mol. The Kier molecular flexibility index (Phi) is 3.45. The van der Waals surface area contributed by atoms with Crippen LogP contribution in [0.4, 0.5) is 8.78 Å². The number of nitrogens with zero attached hydrogens (tertiary/aromatic N) is 1. The molecule has 0 unspecified atom stereocenters. The largest absolute Gasteiger partial charge is 0.309 e. The predicted octanol–water partition coefficient (Wildman–Crippen LogP) is 2.15. The molecule has 0 saturated carbocycles. The molecule has 0 aliphatic carbocycles. The van der Waals surface area contributed by atoms with Crippen molar-refractivity contribution >= 4 is 0 Å².